The van der Waals surface area contributed by atoms with E-state index in [1.165, 1.54) is 0 Å². The lowest BCUT2D eigenvalue weighted by Crippen LogP contribution is -2.44. The highest BCUT2D eigenvalue weighted by atomic mass is 35.5. The minimum absolute atomic E-state index is 0.0459. The molecule has 4 heterocycles. The van der Waals surface area contributed by atoms with Gasteiger partial charge in [0.2, 0.25) is 11.9 Å². The summed E-state index contributed by atoms with van der Waals surface area (Å²) in [4.78, 5) is 26.7. The third-order valence-corrected chi connectivity index (χ3v) is 6.71. The van der Waals surface area contributed by atoms with Gasteiger partial charge in [-0.05, 0) is 44.9 Å². The van der Waals surface area contributed by atoms with Gasteiger partial charge in [-0.2, -0.15) is 5.10 Å². The highest BCUT2D eigenvalue weighted by Gasteiger charge is 2.32. The summed E-state index contributed by atoms with van der Waals surface area (Å²) in [7, 11) is 0. The minimum Gasteiger partial charge on any atom is -0.341 e. The van der Waals surface area contributed by atoms with Crippen molar-refractivity contribution < 1.29 is 4.79 Å². The smallest absolute Gasteiger partial charge is 0.226 e. The van der Waals surface area contributed by atoms with Crippen LogP contribution in [-0.2, 0) is 17.8 Å². The van der Waals surface area contributed by atoms with Gasteiger partial charge in [-0.15, -0.1) is 0 Å². The molecular formula is C24H27ClN6O. The van der Waals surface area contributed by atoms with E-state index in [4.69, 9.17) is 11.6 Å². The Balaban J connectivity index is 1.26. The summed E-state index contributed by atoms with van der Waals surface area (Å²) in [5, 5.41) is 8.41. The van der Waals surface area contributed by atoms with Crippen LogP contribution in [0, 0.1) is 19.8 Å². The Morgan fingerprint density at radius 3 is 2.44 bits per heavy atom. The summed E-state index contributed by atoms with van der Waals surface area (Å²) in [5.74, 6) is 1.08. The van der Waals surface area contributed by atoms with E-state index < -0.39 is 0 Å². The second-order valence-corrected chi connectivity index (χ2v) is 9.19. The molecule has 0 radical (unpaired) electrons. The van der Waals surface area contributed by atoms with Gasteiger partial charge in [0.25, 0.3) is 0 Å². The molecule has 2 aliphatic rings. The quantitative estimate of drug-likeness (QED) is 0.654. The molecule has 1 fully saturated rings. The van der Waals surface area contributed by atoms with Gasteiger partial charge in [-0.1, -0.05) is 23.7 Å². The van der Waals surface area contributed by atoms with Crippen molar-refractivity contribution >= 4 is 23.5 Å². The van der Waals surface area contributed by atoms with E-state index in [9.17, 15) is 4.79 Å². The minimum atomic E-state index is 0.0459. The topological polar surface area (TPSA) is 78.0 Å². The molecule has 1 saturated heterocycles. The molecule has 0 atom stereocenters. The molecule has 1 aromatic carbocycles. The standard InChI is InChI=1S/C24H27ClN6O/c1-15-13-16(2)27-24(26-15)30-10-7-18(8-11-30)23(32)31-12-9-21-20(14-31)22(29-28-21)17-3-5-19(25)6-4-17/h3-6,13,18H,7-12,14H2,1-2H3,(H,28,29). The van der Waals surface area contributed by atoms with E-state index in [0.717, 1.165) is 78.7 Å². The number of aryl methyl sites for hydroxylation is 2. The van der Waals surface area contributed by atoms with Crippen molar-refractivity contribution in [2.45, 2.75) is 39.7 Å². The van der Waals surface area contributed by atoms with Gasteiger partial charge >= 0.3 is 0 Å². The number of nitrogens with zero attached hydrogens (tertiary/aromatic N) is 5. The Morgan fingerprint density at radius 1 is 1.06 bits per heavy atom. The second-order valence-electron chi connectivity index (χ2n) is 8.76. The zero-order valence-corrected chi connectivity index (χ0v) is 19.2. The van der Waals surface area contributed by atoms with Crippen LogP contribution < -0.4 is 4.90 Å². The molecule has 0 aliphatic carbocycles. The summed E-state index contributed by atoms with van der Waals surface area (Å²) >= 11 is 6.04. The number of anilines is 1. The number of benzene rings is 1. The molecule has 166 valence electrons. The number of H-pyrrole nitrogens is 1. The number of fused-ring (bicyclic) bond motifs is 1. The lowest BCUT2D eigenvalue weighted by atomic mass is 9.93. The van der Waals surface area contributed by atoms with Crippen molar-refractivity contribution in [3.05, 3.63) is 58.0 Å². The Bertz CT molecular complexity index is 1110. The van der Waals surface area contributed by atoms with Crippen molar-refractivity contribution in [1.29, 1.82) is 0 Å². The predicted molar refractivity (Wildman–Crippen MR) is 125 cm³/mol. The molecule has 32 heavy (non-hydrogen) atoms. The van der Waals surface area contributed by atoms with Crippen LogP contribution in [0.1, 0.15) is 35.5 Å². The third kappa shape index (κ3) is 4.09. The van der Waals surface area contributed by atoms with E-state index in [1.807, 2.05) is 49.1 Å². The van der Waals surface area contributed by atoms with E-state index in [2.05, 4.69) is 25.1 Å². The summed E-state index contributed by atoms with van der Waals surface area (Å²) in [5.41, 5.74) is 6.13. The van der Waals surface area contributed by atoms with Crippen LogP contribution in [0.4, 0.5) is 5.95 Å². The molecule has 2 aliphatic heterocycles. The number of carbonyl (C=O) groups is 1. The number of aromatic nitrogens is 4. The molecule has 0 unspecified atom stereocenters. The number of hydrogen-bond acceptors (Lipinski definition) is 5. The van der Waals surface area contributed by atoms with Gasteiger partial charge in [0.1, 0.15) is 0 Å². The van der Waals surface area contributed by atoms with Crippen molar-refractivity contribution in [2.24, 2.45) is 5.92 Å². The number of aromatic amines is 1. The molecule has 1 amide bonds. The fourth-order valence-corrected chi connectivity index (χ4v) is 4.89. The Morgan fingerprint density at radius 2 is 1.75 bits per heavy atom. The zero-order valence-electron chi connectivity index (χ0n) is 18.4. The zero-order chi connectivity index (χ0) is 22.2. The second kappa shape index (κ2) is 8.54. The van der Waals surface area contributed by atoms with Crippen LogP contribution in [0.2, 0.25) is 5.02 Å². The fourth-order valence-electron chi connectivity index (χ4n) is 4.76. The highest BCUT2D eigenvalue weighted by Crippen LogP contribution is 2.31. The Kier molecular flexibility index (Phi) is 5.59. The number of nitrogens with one attached hydrogen (secondary N) is 1. The molecular weight excluding hydrogens is 424 g/mol. The van der Waals surface area contributed by atoms with Crippen LogP contribution in [0.5, 0.6) is 0 Å². The Labute approximate surface area is 192 Å². The molecule has 7 nitrogen and oxygen atoms in total. The maximum absolute atomic E-state index is 13.4. The van der Waals surface area contributed by atoms with Crippen LogP contribution in [0.25, 0.3) is 11.3 Å². The normalized spacial score (nSPS) is 16.8. The summed E-state index contributed by atoms with van der Waals surface area (Å²) in [6.45, 7) is 6.93. The SMILES string of the molecule is Cc1cc(C)nc(N2CCC(C(=O)N3CCc4[nH]nc(-c5ccc(Cl)cc5)c4C3)CC2)n1. The van der Waals surface area contributed by atoms with Crippen molar-refractivity contribution in [2.75, 3.05) is 24.5 Å². The fraction of sp³-hybridized carbons (Fsp3) is 0.417. The van der Waals surface area contributed by atoms with Crippen LogP contribution in [0.3, 0.4) is 0 Å². The average molecular weight is 451 g/mol. The van der Waals surface area contributed by atoms with Gasteiger partial charge < -0.3 is 9.80 Å². The van der Waals surface area contributed by atoms with Crippen molar-refractivity contribution in [1.82, 2.24) is 25.1 Å². The van der Waals surface area contributed by atoms with Crippen LogP contribution in [0.15, 0.2) is 30.3 Å². The molecule has 3 aromatic rings. The first-order valence-electron chi connectivity index (χ1n) is 11.2. The first-order chi connectivity index (χ1) is 15.5. The number of carbonyl (C=O) groups excluding carboxylic acids is 1. The molecule has 5 rings (SSSR count). The van der Waals surface area contributed by atoms with Crippen molar-refractivity contribution in [3.8, 4) is 11.3 Å². The third-order valence-electron chi connectivity index (χ3n) is 6.46. The maximum atomic E-state index is 13.4. The summed E-state index contributed by atoms with van der Waals surface area (Å²) in [6, 6.07) is 9.68. The highest BCUT2D eigenvalue weighted by molar-refractivity contribution is 6.30. The van der Waals surface area contributed by atoms with Crippen molar-refractivity contribution in [3.63, 3.8) is 0 Å². The van der Waals surface area contributed by atoms with Gasteiger partial charge in [-0.3, -0.25) is 9.89 Å². The van der Waals surface area contributed by atoms with E-state index in [0.29, 0.717) is 11.6 Å². The van der Waals surface area contributed by atoms with Gasteiger partial charge in [0.05, 0.1) is 5.69 Å². The number of halogens is 1. The largest absolute Gasteiger partial charge is 0.341 e. The molecule has 2 aromatic heterocycles. The number of hydrogen-bond donors (Lipinski definition) is 1. The first kappa shape index (κ1) is 20.9. The molecule has 0 bridgehead atoms. The predicted octanol–water partition coefficient (Wildman–Crippen LogP) is 3.94. The lowest BCUT2D eigenvalue weighted by Gasteiger charge is -2.35. The van der Waals surface area contributed by atoms with Crippen LogP contribution >= 0.6 is 11.6 Å². The monoisotopic (exact) mass is 450 g/mol. The molecule has 0 saturated carbocycles. The summed E-state index contributed by atoms with van der Waals surface area (Å²) in [6.07, 6.45) is 2.46. The number of rotatable bonds is 3. The lowest BCUT2D eigenvalue weighted by molar-refractivity contribution is -0.137. The maximum Gasteiger partial charge on any atom is 0.226 e. The number of amides is 1. The molecule has 8 heteroatoms. The van der Waals surface area contributed by atoms with Gasteiger partial charge in [0, 0.05) is 71.7 Å². The number of piperidine rings is 1. The first-order valence-corrected chi connectivity index (χ1v) is 11.5. The van der Waals surface area contributed by atoms with E-state index in [-0.39, 0.29) is 11.8 Å². The van der Waals surface area contributed by atoms with Gasteiger partial charge in [-0.25, -0.2) is 9.97 Å². The molecule has 1 N–H and O–H groups in total. The van der Waals surface area contributed by atoms with E-state index >= 15 is 0 Å². The summed E-state index contributed by atoms with van der Waals surface area (Å²) < 4.78 is 0. The van der Waals surface area contributed by atoms with E-state index in [1.54, 1.807) is 0 Å². The average Bonchev–Trinajstić information content (AvgIpc) is 3.22. The van der Waals surface area contributed by atoms with Crippen LogP contribution in [-0.4, -0.2) is 50.6 Å². The van der Waals surface area contributed by atoms with Gasteiger partial charge in [0.15, 0.2) is 0 Å². The molecule has 0 spiro atoms. The Hall–Kier alpha value is -2.93.